The van der Waals surface area contributed by atoms with Crippen LogP contribution in [0.1, 0.15) is 13.8 Å². The maximum absolute atomic E-state index is 9.08. The lowest BCUT2D eigenvalue weighted by molar-refractivity contribution is 0.155. The van der Waals surface area contributed by atoms with Crippen LogP contribution in [0.4, 0.5) is 0 Å². The van der Waals surface area contributed by atoms with E-state index in [0.29, 0.717) is 6.61 Å². The Labute approximate surface area is 111 Å². The Kier molecular flexibility index (Phi) is 5.95. The molecular weight excluding hydrogens is 282 g/mol. The number of ether oxygens (including phenoxy) is 1. The van der Waals surface area contributed by atoms with Gasteiger partial charge in [0.2, 0.25) is 0 Å². The van der Waals surface area contributed by atoms with Crippen molar-refractivity contribution in [3.8, 4) is 5.75 Å². The molecule has 0 atom stereocenters. The van der Waals surface area contributed by atoms with Crippen LogP contribution in [0, 0.1) is 5.41 Å². The summed E-state index contributed by atoms with van der Waals surface area (Å²) in [5.41, 5.74) is -0.0736. The molecule has 2 N–H and O–H groups in total. The summed E-state index contributed by atoms with van der Waals surface area (Å²) in [6, 6.07) is 7.79. The predicted octanol–water partition coefficient (Wildman–Crippen LogP) is 2.44. The van der Waals surface area contributed by atoms with Crippen LogP contribution in [-0.2, 0) is 0 Å². The zero-order chi connectivity index (χ0) is 12.7. The van der Waals surface area contributed by atoms with Crippen LogP contribution >= 0.6 is 15.9 Å². The van der Waals surface area contributed by atoms with Gasteiger partial charge in [-0.1, -0.05) is 35.8 Å². The van der Waals surface area contributed by atoms with Crippen LogP contribution in [0.5, 0.6) is 5.75 Å². The maximum Gasteiger partial charge on any atom is 0.120 e. The minimum absolute atomic E-state index is 0.0736. The second-order valence-electron chi connectivity index (χ2n) is 4.80. The van der Waals surface area contributed by atoms with Gasteiger partial charge >= 0.3 is 0 Å². The van der Waals surface area contributed by atoms with E-state index in [1.807, 2.05) is 38.1 Å². The fourth-order valence-corrected chi connectivity index (χ4v) is 1.66. The Morgan fingerprint density at radius 1 is 1.41 bits per heavy atom. The van der Waals surface area contributed by atoms with Crippen LogP contribution in [0.3, 0.4) is 0 Å². The molecule has 1 aromatic rings. The highest BCUT2D eigenvalue weighted by atomic mass is 79.9. The van der Waals surface area contributed by atoms with E-state index in [-0.39, 0.29) is 12.0 Å². The van der Waals surface area contributed by atoms with E-state index in [9.17, 15) is 0 Å². The Morgan fingerprint density at radius 2 is 2.18 bits per heavy atom. The summed E-state index contributed by atoms with van der Waals surface area (Å²) >= 11 is 3.40. The second kappa shape index (κ2) is 6.99. The molecule has 0 radical (unpaired) electrons. The van der Waals surface area contributed by atoms with Crippen LogP contribution in [0.2, 0.25) is 0 Å². The molecule has 0 fully saturated rings. The van der Waals surface area contributed by atoms with Gasteiger partial charge in [-0.25, -0.2) is 0 Å². The molecule has 1 rings (SSSR count). The number of aliphatic hydroxyl groups excluding tert-OH is 1. The van der Waals surface area contributed by atoms with Gasteiger partial charge in [-0.15, -0.1) is 0 Å². The summed E-state index contributed by atoms with van der Waals surface area (Å²) in [5.74, 6) is 0.864. The van der Waals surface area contributed by atoms with Crippen molar-refractivity contribution >= 4 is 15.9 Å². The van der Waals surface area contributed by atoms with Crippen molar-refractivity contribution in [2.75, 3.05) is 26.3 Å². The molecule has 1 aromatic carbocycles. The van der Waals surface area contributed by atoms with E-state index < -0.39 is 0 Å². The smallest absolute Gasteiger partial charge is 0.120 e. The lowest BCUT2D eigenvalue weighted by Crippen LogP contribution is -2.34. The number of hydrogen-bond acceptors (Lipinski definition) is 3. The molecule has 0 saturated heterocycles. The van der Waals surface area contributed by atoms with Crippen molar-refractivity contribution in [3.63, 3.8) is 0 Å². The Balaban J connectivity index is 2.17. The van der Waals surface area contributed by atoms with Gasteiger partial charge in [0, 0.05) is 29.6 Å². The quantitative estimate of drug-likeness (QED) is 0.760. The van der Waals surface area contributed by atoms with Gasteiger partial charge in [0.05, 0.1) is 0 Å². The summed E-state index contributed by atoms with van der Waals surface area (Å²) in [7, 11) is 0. The lowest BCUT2D eigenvalue weighted by Gasteiger charge is -2.21. The van der Waals surface area contributed by atoms with E-state index in [1.54, 1.807) is 0 Å². The van der Waals surface area contributed by atoms with Crippen molar-refractivity contribution < 1.29 is 9.84 Å². The van der Waals surface area contributed by atoms with Gasteiger partial charge in [0.1, 0.15) is 12.4 Å². The third-order valence-corrected chi connectivity index (χ3v) is 2.87. The minimum atomic E-state index is -0.0736. The first-order chi connectivity index (χ1) is 8.03. The second-order valence-corrected chi connectivity index (χ2v) is 5.72. The Bertz CT molecular complexity index is 342. The summed E-state index contributed by atoms with van der Waals surface area (Å²) < 4.78 is 6.60. The molecule has 0 amide bonds. The first kappa shape index (κ1) is 14.5. The zero-order valence-corrected chi connectivity index (χ0v) is 12.0. The number of aliphatic hydroxyl groups is 1. The molecule has 3 nitrogen and oxygen atoms in total. The van der Waals surface area contributed by atoms with Crippen molar-refractivity contribution in [3.05, 3.63) is 28.7 Å². The molecule has 0 spiro atoms. The van der Waals surface area contributed by atoms with E-state index in [1.165, 1.54) is 0 Å². The summed E-state index contributed by atoms with van der Waals surface area (Å²) in [6.45, 7) is 6.41. The third-order valence-electron chi connectivity index (χ3n) is 2.38. The number of hydrogen-bond donors (Lipinski definition) is 2. The van der Waals surface area contributed by atoms with Crippen molar-refractivity contribution in [1.82, 2.24) is 5.32 Å². The third kappa shape index (κ3) is 6.05. The average Bonchev–Trinajstić information content (AvgIpc) is 2.29. The molecule has 0 aromatic heterocycles. The lowest BCUT2D eigenvalue weighted by atomic mass is 9.95. The number of nitrogens with one attached hydrogen (secondary N) is 1. The number of rotatable bonds is 7. The van der Waals surface area contributed by atoms with Crippen LogP contribution < -0.4 is 10.1 Å². The highest BCUT2D eigenvalue weighted by Gasteiger charge is 2.14. The first-order valence-corrected chi connectivity index (χ1v) is 6.53. The highest BCUT2D eigenvalue weighted by molar-refractivity contribution is 9.10. The van der Waals surface area contributed by atoms with Crippen molar-refractivity contribution in [2.24, 2.45) is 5.41 Å². The zero-order valence-electron chi connectivity index (χ0n) is 10.4. The van der Waals surface area contributed by atoms with Crippen molar-refractivity contribution in [1.29, 1.82) is 0 Å². The highest BCUT2D eigenvalue weighted by Crippen LogP contribution is 2.17. The first-order valence-electron chi connectivity index (χ1n) is 5.73. The van der Waals surface area contributed by atoms with Gasteiger partial charge < -0.3 is 15.2 Å². The topological polar surface area (TPSA) is 41.5 Å². The Hall–Kier alpha value is -0.580. The van der Waals surface area contributed by atoms with E-state index >= 15 is 0 Å². The summed E-state index contributed by atoms with van der Waals surface area (Å²) in [6.07, 6.45) is 0. The molecular formula is C13H20BrNO2. The van der Waals surface area contributed by atoms with Crippen LogP contribution in [0.25, 0.3) is 0 Å². The van der Waals surface area contributed by atoms with E-state index in [0.717, 1.165) is 23.3 Å². The molecule has 0 saturated carbocycles. The van der Waals surface area contributed by atoms with Gasteiger partial charge in [-0.05, 0) is 18.2 Å². The Morgan fingerprint density at radius 3 is 2.82 bits per heavy atom. The van der Waals surface area contributed by atoms with E-state index in [2.05, 4.69) is 21.2 Å². The normalized spacial score (nSPS) is 11.5. The predicted molar refractivity (Wildman–Crippen MR) is 73.4 cm³/mol. The van der Waals surface area contributed by atoms with Gasteiger partial charge in [0.15, 0.2) is 0 Å². The molecule has 0 unspecified atom stereocenters. The fraction of sp³-hybridized carbons (Fsp3) is 0.538. The standard InChI is InChI=1S/C13H20BrNO2/c1-13(2,10-16)9-15-6-7-17-12-5-3-4-11(14)8-12/h3-5,8,15-16H,6-7,9-10H2,1-2H3. The summed E-state index contributed by atoms with van der Waals surface area (Å²) in [4.78, 5) is 0. The van der Waals surface area contributed by atoms with Crippen LogP contribution in [0.15, 0.2) is 28.7 Å². The molecule has 0 aliphatic heterocycles. The van der Waals surface area contributed by atoms with Crippen LogP contribution in [-0.4, -0.2) is 31.4 Å². The molecule has 96 valence electrons. The minimum Gasteiger partial charge on any atom is -0.492 e. The average molecular weight is 302 g/mol. The SMILES string of the molecule is CC(C)(CO)CNCCOc1cccc(Br)c1. The number of halogens is 1. The molecule has 17 heavy (non-hydrogen) atoms. The van der Waals surface area contributed by atoms with Gasteiger partial charge in [-0.3, -0.25) is 0 Å². The van der Waals surface area contributed by atoms with Gasteiger partial charge in [-0.2, -0.15) is 0 Å². The molecule has 0 aliphatic carbocycles. The fourth-order valence-electron chi connectivity index (χ4n) is 1.28. The molecule has 0 heterocycles. The molecule has 0 bridgehead atoms. The largest absolute Gasteiger partial charge is 0.492 e. The van der Waals surface area contributed by atoms with Gasteiger partial charge in [0.25, 0.3) is 0 Å². The molecule has 4 heteroatoms. The number of benzene rings is 1. The summed E-state index contributed by atoms with van der Waals surface area (Å²) in [5, 5.41) is 12.3. The van der Waals surface area contributed by atoms with Crippen molar-refractivity contribution in [2.45, 2.75) is 13.8 Å². The monoisotopic (exact) mass is 301 g/mol. The molecule has 0 aliphatic rings. The maximum atomic E-state index is 9.08. The van der Waals surface area contributed by atoms with E-state index in [4.69, 9.17) is 9.84 Å².